The van der Waals surface area contributed by atoms with Crippen LogP contribution in [0.15, 0.2) is 72.8 Å². The second-order valence-corrected chi connectivity index (χ2v) is 9.54. The van der Waals surface area contributed by atoms with Crippen molar-refractivity contribution in [2.45, 2.75) is 32.0 Å². The molecule has 1 aliphatic rings. The van der Waals surface area contributed by atoms with Crippen molar-refractivity contribution >= 4 is 22.6 Å². The van der Waals surface area contributed by atoms with E-state index in [1.165, 1.54) is 36.4 Å². The standard InChI is InChI=1S/C30H29F2N3O3/c1-38-27-10-2-20(3-11-27)18-35(30(37)21-4-7-24(31)8-5-21)19-23-16-22-6-9-25(32)17-28(22)33-29(23)34-14-12-26(36)13-15-34/h2-11,16-17,26,36H,12-15,18-19H2,1H3. The number of rotatable bonds is 7. The quantitative estimate of drug-likeness (QED) is 0.359. The molecule has 8 heteroatoms. The number of amides is 1. The molecule has 4 aromatic rings. The molecular formula is C30H29F2N3O3. The highest BCUT2D eigenvalue weighted by molar-refractivity contribution is 5.94. The lowest BCUT2D eigenvalue weighted by Gasteiger charge is -2.33. The van der Waals surface area contributed by atoms with Crippen molar-refractivity contribution in [3.05, 3.63) is 101 Å². The van der Waals surface area contributed by atoms with Crippen LogP contribution in [0.1, 0.15) is 34.3 Å². The van der Waals surface area contributed by atoms with E-state index in [1.54, 1.807) is 18.1 Å². The summed E-state index contributed by atoms with van der Waals surface area (Å²) in [6, 6.07) is 19.4. The van der Waals surface area contributed by atoms with Gasteiger partial charge in [0.05, 0.1) is 18.7 Å². The van der Waals surface area contributed by atoms with Gasteiger partial charge in [-0.25, -0.2) is 13.8 Å². The summed E-state index contributed by atoms with van der Waals surface area (Å²) in [6.07, 6.45) is 0.845. The van der Waals surface area contributed by atoms with Crippen molar-refractivity contribution in [1.29, 1.82) is 0 Å². The largest absolute Gasteiger partial charge is 0.497 e. The molecule has 0 radical (unpaired) electrons. The zero-order chi connectivity index (χ0) is 26.6. The summed E-state index contributed by atoms with van der Waals surface area (Å²) >= 11 is 0. The third kappa shape index (κ3) is 5.75. The van der Waals surface area contributed by atoms with E-state index in [1.807, 2.05) is 30.3 Å². The number of anilines is 1. The summed E-state index contributed by atoms with van der Waals surface area (Å²) in [5.41, 5.74) is 2.61. The Balaban J connectivity index is 1.54. The van der Waals surface area contributed by atoms with Gasteiger partial charge in [-0.15, -0.1) is 0 Å². The number of carbonyl (C=O) groups is 1. The number of pyridine rings is 1. The molecule has 0 bridgehead atoms. The lowest BCUT2D eigenvalue weighted by molar-refractivity contribution is 0.0730. The summed E-state index contributed by atoms with van der Waals surface area (Å²) in [7, 11) is 1.60. The Morgan fingerprint density at radius 3 is 2.34 bits per heavy atom. The first-order chi connectivity index (χ1) is 18.4. The van der Waals surface area contributed by atoms with E-state index < -0.39 is 5.82 Å². The summed E-state index contributed by atoms with van der Waals surface area (Å²) in [5.74, 6) is 0.349. The third-order valence-electron chi connectivity index (χ3n) is 6.87. The minimum Gasteiger partial charge on any atom is -0.497 e. The lowest BCUT2D eigenvalue weighted by atomic mass is 10.0. The van der Waals surface area contributed by atoms with E-state index in [0.29, 0.717) is 55.1 Å². The maximum absolute atomic E-state index is 14.0. The highest BCUT2D eigenvalue weighted by Crippen LogP contribution is 2.29. The molecule has 2 heterocycles. The van der Waals surface area contributed by atoms with Crippen LogP contribution in [-0.4, -0.2) is 47.2 Å². The van der Waals surface area contributed by atoms with Crippen molar-refractivity contribution in [3.63, 3.8) is 0 Å². The highest BCUT2D eigenvalue weighted by Gasteiger charge is 2.24. The van der Waals surface area contributed by atoms with Gasteiger partial charge in [0, 0.05) is 48.8 Å². The molecule has 3 aromatic carbocycles. The Bertz CT molecular complexity index is 1420. The number of benzene rings is 3. The molecule has 0 unspecified atom stereocenters. The van der Waals surface area contributed by atoms with Gasteiger partial charge in [-0.1, -0.05) is 12.1 Å². The van der Waals surface area contributed by atoms with Crippen molar-refractivity contribution < 1.29 is 23.4 Å². The lowest BCUT2D eigenvalue weighted by Crippen LogP contribution is -2.38. The number of hydrogen-bond acceptors (Lipinski definition) is 5. The predicted octanol–water partition coefficient (Wildman–Crippen LogP) is 5.33. The number of halogens is 2. The summed E-state index contributed by atoms with van der Waals surface area (Å²) in [4.78, 5) is 22.3. The van der Waals surface area contributed by atoms with Crippen LogP contribution in [-0.2, 0) is 13.1 Å². The van der Waals surface area contributed by atoms with Crippen LogP contribution in [0.5, 0.6) is 5.75 Å². The third-order valence-corrected chi connectivity index (χ3v) is 6.87. The average Bonchev–Trinajstić information content (AvgIpc) is 2.93. The molecule has 0 saturated carbocycles. The molecule has 1 aromatic heterocycles. The number of carbonyl (C=O) groups excluding carboxylic acids is 1. The molecule has 1 amide bonds. The second-order valence-electron chi connectivity index (χ2n) is 9.54. The Morgan fingerprint density at radius 2 is 1.66 bits per heavy atom. The summed E-state index contributed by atoms with van der Waals surface area (Å²) in [5, 5.41) is 10.8. The zero-order valence-corrected chi connectivity index (χ0v) is 21.1. The zero-order valence-electron chi connectivity index (χ0n) is 21.1. The number of fused-ring (bicyclic) bond motifs is 1. The molecule has 5 rings (SSSR count). The Hall–Kier alpha value is -4.04. The molecule has 1 aliphatic heterocycles. The fourth-order valence-corrected chi connectivity index (χ4v) is 4.77. The second kappa shape index (κ2) is 11.1. The van der Waals surface area contributed by atoms with E-state index in [-0.39, 0.29) is 24.4 Å². The molecule has 1 saturated heterocycles. The van der Waals surface area contributed by atoms with E-state index in [2.05, 4.69) is 4.90 Å². The first-order valence-corrected chi connectivity index (χ1v) is 12.6. The van der Waals surface area contributed by atoms with Crippen LogP contribution in [0.25, 0.3) is 10.9 Å². The molecule has 196 valence electrons. The SMILES string of the molecule is COc1ccc(CN(Cc2cc3ccc(F)cc3nc2N2CCC(O)CC2)C(=O)c2ccc(F)cc2)cc1. The Morgan fingerprint density at radius 1 is 0.974 bits per heavy atom. The highest BCUT2D eigenvalue weighted by atomic mass is 19.1. The van der Waals surface area contributed by atoms with Crippen molar-refractivity contribution in [1.82, 2.24) is 9.88 Å². The van der Waals surface area contributed by atoms with E-state index in [4.69, 9.17) is 9.72 Å². The van der Waals surface area contributed by atoms with Crippen LogP contribution >= 0.6 is 0 Å². The maximum atomic E-state index is 14.0. The molecule has 6 nitrogen and oxygen atoms in total. The van der Waals surface area contributed by atoms with Crippen LogP contribution < -0.4 is 9.64 Å². The Kier molecular flexibility index (Phi) is 7.51. The number of aliphatic hydroxyl groups is 1. The van der Waals surface area contributed by atoms with Crippen LogP contribution in [0.3, 0.4) is 0 Å². The van der Waals surface area contributed by atoms with Gasteiger partial charge in [-0.3, -0.25) is 4.79 Å². The molecule has 38 heavy (non-hydrogen) atoms. The fraction of sp³-hybridized carbons (Fsp3) is 0.267. The number of ether oxygens (including phenoxy) is 1. The van der Waals surface area contributed by atoms with Gasteiger partial charge in [-0.05, 0) is 73.0 Å². The minimum atomic E-state index is -0.413. The Labute approximate surface area is 220 Å². The number of nitrogens with zero attached hydrogens (tertiary/aromatic N) is 3. The average molecular weight is 518 g/mol. The number of methoxy groups -OCH3 is 1. The fourth-order valence-electron chi connectivity index (χ4n) is 4.77. The van der Waals surface area contributed by atoms with Crippen LogP contribution in [0.2, 0.25) is 0 Å². The summed E-state index contributed by atoms with van der Waals surface area (Å²) < 4.78 is 32.9. The smallest absolute Gasteiger partial charge is 0.254 e. The molecule has 1 N–H and O–H groups in total. The van der Waals surface area contributed by atoms with Gasteiger partial charge in [0.2, 0.25) is 0 Å². The van der Waals surface area contributed by atoms with Crippen molar-refractivity contribution in [3.8, 4) is 5.75 Å². The van der Waals surface area contributed by atoms with Crippen molar-refractivity contribution in [2.75, 3.05) is 25.1 Å². The van der Waals surface area contributed by atoms with E-state index in [0.717, 1.165) is 16.5 Å². The predicted molar refractivity (Wildman–Crippen MR) is 142 cm³/mol. The topological polar surface area (TPSA) is 65.9 Å². The molecule has 1 fully saturated rings. The van der Waals surface area contributed by atoms with E-state index >= 15 is 0 Å². The molecular weight excluding hydrogens is 488 g/mol. The van der Waals surface area contributed by atoms with Gasteiger partial charge in [0.15, 0.2) is 0 Å². The number of aromatic nitrogens is 1. The van der Waals surface area contributed by atoms with Gasteiger partial charge in [0.1, 0.15) is 23.2 Å². The number of hydrogen-bond donors (Lipinski definition) is 1. The van der Waals surface area contributed by atoms with Gasteiger partial charge in [-0.2, -0.15) is 0 Å². The molecule has 0 spiro atoms. The summed E-state index contributed by atoms with van der Waals surface area (Å²) in [6.45, 7) is 1.75. The van der Waals surface area contributed by atoms with Crippen LogP contribution in [0.4, 0.5) is 14.6 Å². The normalized spacial score (nSPS) is 14.1. The minimum absolute atomic E-state index is 0.233. The monoisotopic (exact) mass is 517 g/mol. The first kappa shape index (κ1) is 25.6. The number of piperidine rings is 1. The van der Waals surface area contributed by atoms with Gasteiger partial charge in [0.25, 0.3) is 5.91 Å². The maximum Gasteiger partial charge on any atom is 0.254 e. The van der Waals surface area contributed by atoms with Gasteiger partial charge >= 0.3 is 0 Å². The first-order valence-electron chi connectivity index (χ1n) is 12.6. The number of aliphatic hydroxyl groups excluding tert-OH is 1. The van der Waals surface area contributed by atoms with Gasteiger partial charge < -0.3 is 19.6 Å². The molecule has 0 atom stereocenters. The van der Waals surface area contributed by atoms with Crippen molar-refractivity contribution in [2.24, 2.45) is 0 Å². The van der Waals surface area contributed by atoms with Crippen LogP contribution in [0, 0.1) is 11.6 Å². The van der Waals surface area contributed by atoms with E-state index in [9.17, 15) is 18.7 Å². The molecule has 0 aliphatic carbocycles.